The summed E-state index contributed by atoms with van der Waals surface area (Å²) in [5.41, 5.74) is 2.52. The molecule has 2 rings (SSSR count). The minimum Gasteiger partial charge on any atom is -0.366 e. The molecular formula is C16H20F2N2S. The van der Waals surface area contributed by atoms with Crippen molar-refractivity contribution in [3.8, 4) is 0 Å². The van der Waals surface area contributed by atoms with Crippen molar-refractivity contribution in [3.63, 3.8) is 0 Å². The van der Waals surface area contributed by atoms with Gasteiger partial charge in [0, 0.05) is 18.5 Å². The van der Waals surface area contributed by atoms with Crippen LogP contribution in [0.25, 0.3) is 0 Å². The minimum absolute atomic E-state index is 0.0162. The maximum atomic E-state index is 13.2. The zero-order valence-electron chi connectivity index (χ0n) is 12.5. The second-order valence-corrected chi connectivity index (χ2v) is 6.25. The third kappa shape index (κ3) is 3.94. The van der Waals surface area contributed by atoms with Crippen molar-refractivity contribution in [1.82, 2.24) is 5.32 Å². The maximum absolute atomic E-state index is 13.2. The third-order valence-corrected chi connectivity index (χ3v) is 4.63. The Balaban J connectivity index is 1.90. The third-order valence-electron chi connectivity index (χ3n) is 3.52. The summed E-state index contributed by atoms with van der Waals surface area (Å²) in [5.74, 6) is -2.10. The Morgan fingerprint density at radius 3 is 2.62 bits per heavy atom. The van der Waals surface area contributed by atoms with E-state index in [0.717, 1.165) is 11.9 Å². The van der Waals surface area contributed by atoms with Crippen molar-refractivity contribution < 1.29 is 8.78 Å². The van der Waals surface area contributed by atoms with Crippen molar-refractivity contribution in [3.05, 3.63) is 52.7 Å². The molecule has 1 atom stereocenters. The summed E-state index contributed by atoms with van der Waals surface area (Å²) >= 11 is 1.63. The number of aryl methyl sites for hydroxylation is 1. The van der Waals surface area contributed by atoms with Gasteiger partial charge in [0.15, 0.2) is 0 Å². The molecule has 2 nitrogen and oxygen atoms in total. The first-order valence-electron chi connectivity index (χ1n) is 6.81. The molecule has 0 aliphatic heterocycles. The molecule has 0 bridgehead atoms. The summed E-state index contributed by atoms with van der Waals surface area (Å²) in [5, 5.41) is 9.57. The second-order valence-electron chi connectivity index (χ2n) is 5.37. The summed E-state index contributed by atoms with van der Waals surface area (Å²) in [7, 11) is 0. The molecular weight excluding hydrogens is 290 g/mol. The molecule has 21 heavy (non-hydrogen) atoms. The van der Waals surface area contributed by atoms with Gasteiger partial charge in [0.25, 0.3) is 5.92 Å². The van der Waals surface area contributed by atoms with Crippen LogP contribution in [0.1, 0.15) is 24.5 Å². The summed E-state index contributed by atoms with van der Waals surface area (Å²) in [6.45, 7) is 8.98. The van der Waals surface area contributed by atoms with Gasteiger partial charge in [-0.15, -0.1) is 11.3 Å². The summed E-state index contributed by atoms with van der Waals surface area (Å²) in [4.78, 5) is 0. The molecule has 0 amide bonds. The van der Waals surface area contributed by atoms with E-state index in [1.807, 2.05) is 0 Å². The largest absolute Gasteiger partial charge is 0.366 e. The predicted molar refractivity (Wildman–Crippen MR) is 85.9 cm³/mol. The van der Waals surface area contributed by atoms with Gasteiger partial charge in [0.05, 0.1) is 10.8 Å². The average Bonchev–Trinajstić information content (AvgIpc) is 2.70. The van der Waals surface area contributed by atoms with Gasteiger partial charge in [0.2, 0.25) is 0 Å². The Labute approximate surface area is 128 Å². The van der Waals surface area contributed by atoms with Gasteiger partial charge in [-0.1, -0.05) is 24.8 Å². The number of nitrogens with one attached hydrogen (secondary N) is 2. The molecule has 1 aliphatic carbocycles. The van der Waals surface area contributed by atoms with E-state index >= 15 is 0 Å². The van der Waals surface area contributed by atoms with Crippen molar-refractivity contribution in [2.45, 2.75) is 39.2 Å². The van der Waals surface area contributed by atoms with E-state index in [0.29, 0.717) is 12.2 Å². The van der Waals surface area contributed by atoms with Gasteiger partial charge >= 0.3 is 0 Å². The van der Waals surface area contributed by atoms with Crippen LogP contribution in [0.2, 0.25) is 0 Å². The number of hydrogen-bond donors (Lipinski definition) is 2. The van der Waals surface area contributed by atoms with Crippen LogP contribution in [0.15, 0.2) is 41.6 Å². The van der Waals surface area contributed by atoms with Gasteiger partial charge in [-0.05, 0) is 36.8 Å². The van der Waals surface area contributed by atoms with Crippen molar-refractivity contribution in [2.75, 3.05) is 5.32 Å². The Morgan fingerprint density at radius 2 is 2.14 bits per heavy atom. The Kier molecular flexibility index (Phi) is 4.52. The van der Waals surface area contributed by atoms with Crippen LogP contribution in [-0.2, 0) is 0 Å². The van der Waals surface area contributed by atoms with Gasteiger partial charge < -0.3 is 10.6 Å². The fourth-order valence-corrected chi connectivity index (χ4v) is 3.07. The topological polar surface area (TPSA) is 24.1 Å². The number of halogens is 2. The van der Waals surface area contributed by atoms with Crippen LogP contribution >= 0.6 is 11.3 Å². The van der Waals surface area contributed by atoms with Crippen molar-refractivity contribution >= 4 is 16.3 Å². The molecule has 0 saturated heterocycles. The standard InChI is InChI=1S/C16H20F2N2S/c1-10-9-21-15(11(10)2)20-12(3)19-14-7-5-13(6-8-14)16(4,17)18/h5-7,9,14,19-20H,3,8H2,1-2,4H3. The van der Waals surface area contributed by atoms with Crippen LogP contribution in [0, 0.1) is 13.8 Å². The first-order chi connectivity index (χ1) is 9.77. The van der Waals surface area contributed by atoms with Gasteiger partial charge in [-0.25, -0.2) is 8.78 Å². The van der Waals surface area contributed by atoms with Crippen LogP contribution < -0.4 is 10.6 Å². The zero-order valence-corrected chi connectivity index (χ0v) is 13.3. The van der Waals surface area contributed by atoms with E-state index in [1.54, 1.807) is 23.5 Å². The molecule has 114 valence electrons. The van der Waals surface area contributed by atoms with E-state index in [-0.39, 0.29) is 11.6 Å². The molecule has 0 spiro atoms. The second kappa shape index (κ2) is 6.02. The highest BCUT2D eigenvalue weighted by Gasteiger charge is 2.27. The molecule has 0 fully saturated rings. The zero-order chi connectivity index (χ0) is 15.6. The first-order valence-corrected chi connectivity index (χ1v) is 7.69. The van der Waals surface area contributed by atoms with Crippen molar-refractivity contribution in [2.24, 2.45) is 0 Å². The molecule has 0 saturated carbocycles. The number of anilines is 1. The lowest BCUT2D eigenvalue weighted by molar-refractivity contribution is 0.0667. The molecule has 0 radical (unpaired) electrons. The predicted octanol–water partition coefficient (Wildman–Crippen LogP) is 4.75. The lowest BCUT2D eigenvalue weighted by Crippen LogP contribution is -2.31. The highest BCUT2D eigenvalue weighted by molar-refractivity contribution is 7.14. The van der Waals surface area contributed by atoms with Gasteiger partial charge in [0.1, 0.15) is 0 Å². The molecule has 2 N–H and O–H groups in total. The highest BCUT2D eigenvalue weighted by Crippen LogP contribution is 2.29. The van der Waals surface area contributed by atoms with E-state index in [1.165, 1.54) is 17.2 Å². The Morgan fingerprint density at radius 1 is 1.43 bits per heavy atom. The molecule has 1 aliphatic rings. The van der Waals surface area contributed by atoms with E-state index in [4.69, 9.17) is 0 Å². The highest BCUT2D eigenvalue weighted by atomic mass is 32.1. The lowest BCUT2D eigenvalue weighted by atomic mass is 9.99. The Hall–Kier alpha value is -1.62. The number of thiophene rings is 1. The monoisotopic (exact) mass is 310 g/mol. The van der Waals surface area contributed by atoms with Crippen LogP contribution in [-0.4, -0.2) is 12.0 Å². The van der Waals surface area contributed by atoms with Gasteiger partial charge in [-0.2, -0.15) is 0 Å². The Bertz CT molecular complexity index is 594. The first kappa shape index (κ1) is 15.8. The number of alkyl halides is 2. The molecule has 1 aromatic rings. The number of allylic oxidation sites excluding steroid dienone is 2. The molecule has 1 unspecified atom stereocenters. The minimum atomic E-state index is -2.78. The molecule has 5 heteroatoms. The normalized spacial score (nSPS) is 18.3. The maximum Gasteiger partial charge on any atom is 0.270 e. The quantitative estimate of drug-likeness (QED) is 0.820. The van der Waals surface area contributed by atoms with Gasteiger partial charge in [-0.3, -0.25) is 0 Å². The van der Waals surface area contributed by atoms with Crippen LogP contribution in [0.3, 0.4) is 0 Å². The van der Waals surface area contributed by atoms with E-state index in [2.05, 4.69) is 36.4 Å². The molecule has 1 heterocycles. The number of rotatable bonds is 5. The fraction of sp³-hybridized carbons (Fsp3) is 0.375. The van der Waals surface area contributed by atoms with Crippen LogP contribution in [0.4, 0.5) is 13.8 Å². The summed E-state index contributed by atoms with van der Waals surface area (Å²) in [6, 6.07) is -0.0162. The number of hydrogen-bond acceptors (Lipinski definition) is 3. The smallest absolute Gasteiger partial charge is 0.270 e. The summed E-state index contributed by atoms with van der Waals surface area (Å²) < 4.78 is 26.3. The fourth-order valence-electron chi connectivity index (χ4n) is 2.08. The van der Waals surface area contributed by atoms with Crippen molar-refractivity contribution in [1.29, 1.82) is 0 Å². The summed E-state index contributed by atoms with van der Waals surface area (Å²) in [6.07, 6.45) is 5.34. The van der Waals surface area contributed by atoms with E-state index in [9.17, 15) is 8.78 Å². The van der Waals surface area contributed by atoms with Crippen LogP contribution in [0.5, 0.6) is 0 Å². The molecule has 1 aromatic heterocycles. The SMILES string of the molecule is C=C(Nc1scc(C)c1C)NC1C=CC(C(C)(F)F)=CC1. The average molecular weight is 310 g/mol. The van der Waals surface area contributed by atoms with E-state index < -0.39 is 5.92 Å². The lowest BCUT2D eigenvalue weighted by Gasteiger charge is -2.22. The molecule has 0 aromatic carbocycles.